The van der Waals surface area contributed by atoms with Crippen molar-refractivity contribution < 1.29 is 23.5 Å². The van der Waals surface area contributed by atoms with Crippen molar-refractivity contribution in [2.24, 2.45) is 0 Å². The van der Waals surface area contributed by atoms with Crippen LogP contribution in [0.2, 0.25) is 10.0 Å². The zero-order valence-corrected chi connectivity index (χ0v) is 20.9. The number of carbonyl (C=O) groups is 2. The molecule has 1 aliphatic rings. The molecular weight excluding hydrogens is 512 g/mol. The van der Waals surface area contributed by atoms with E-state index in [2.05, 4.69) is 0 Å². The topological polar surface area (TPSA) is 55.8 Å². The van der Waals surface area contributed by atoms with E-state index in [1.54, 1.807) is 30.3 Å². The molecule has 180 valence electrons. The Hall–Kier alpha value is -3.00. The van der Waals surface area contributed by atoms with Crippen LogP contribution < -0.4 is 9.47 Å². The van der Waals surface area contributed by atoms with E-state index in [9.17, 15) is 14.0 Å². The normalized spacial score (nSPS) is 14.6. The standard InChI is InChI=1S/C26H20Cl2FNO4S/c1-2-33-23-12-16(10-11-22(23)34-15-17-6-3-4-7-19(17)27)13-24-25(31)30(26(32)35-24)14-18-20(28)8-5-9-21(18)29/h3-13H,2,14-15H2,1H3/b24-13+. The molecule has 9 heteroatoms. The van der Waals surface area contributed by atoms with Gasteiger partial charge in [-0.15, -0.1) is 0 Å². The second-order valence-electron chi connectivity index (χ2n) is 7.49. The Morgan fingerprint density at radius 3 is 2.49 bits per heavy atom. The SMILES string of the molecule is CCOc1cc(/C=C2/SC(=O)N(Cc3c(F)cccc3Cl)C2=O)ccc1OCc1ccccc1Cl. The summed E-state index contributed by atoms with van der Waals surface area (Å²) in [6, 6.07) is 16.8. The second-order valence-corrected chi connectivity index (χ2v) is 9.29. The molecule has 0 atom stereocenters. The third kappa shape index (κ3) is 5.81. The molecule has 0 spiro atoms. The Bertz CT molecular complexity index is 1290. The fourth-order valence-corrected chi connectivity index (χ4v) is 4.65. The zero-order valence-electron chi connectivity index (χ0n) is 18.6. The van der Waals surface area contributed by atoms with Crippen molar-refractivity contribution in [3.63, 3.8) is 0 Å². The Labute approximate surface area is 216 Å². The summed E-state index contributed by atoms with van der Waals surface area (Å²) in [6.07, 6.45) is 1.59. The average molecular weight is 532 g/mol. The van der Waals surface area contributed by atoms with E-state index in [1.165, 1.54) is 18.2 Å². The number of benzene rings is 3. The van der Waals surface area contributed by atoms with Crippen molar-refractivity contribution in [2.45, 2.75) is 20.1 Å². The van der Waals surface area contributed by atoms with E-state index in [0.29, 0.717) is 28.7 Å². The second kappa shape index (κ2) is 11.2. The van der Waals surface area contributed by atoms with Crippen molar-refractivity contribution in [1.82, 2.24) is 4.90 Å². The molecule has 1 saturated heterocycles. The number of carbonyl (C=O) groups excluding carboxylic acids is 2. The summed E-state index contributed by atoms with van der Waals surface area (Å²) in [6.45, 7) is 2.28. The smallest absolute Gasteiger partial charge is 0.293 e. The van der Waals surface area contributed by atoms with Gasteiger partial charge in [0.1, 0.15) is 12.4 Å². The van der Waals surface area contributed by atoms with Gasteiger partial charge in [-0.25, -0.2) is 4.39 Å². The molecular formula is C26H20Cl2FNO4S. The maximum atomic E-state index is 14.2. The molecule has 5 nitrogen and oxygen atoms in total. The molecule has 4 rings (SSSR count). The third-order valence-electron chi connectivity index (χ3n) is 5.16. The lowest BCUT2D eigenvalue weighted by Crippen LogP contribution is -2.28. The van der Waals surface area contributed by atoms with Crippen molar-refractivity contribution in [2.75, 3.05) is 6.61 Å². The largest absolute Gasteiger partial charge is 0.490 e. The molecule has 0 N–H and O–H groups in total. The first-order valence-electron chi connectivity index (χ1n) is 10.7. The molecule has 0 aliphatic carbocycles. The zero-order chi connectivity index (χ0) is 24.9. The molecule has 1 aliphatic heterocycles. The number of nitrogens with zero attached hydrogens (tertiary/aromatic N) is 1. The van der Waals surface area contributed by atoms with Crippen LogP contribution in [0.3, 0.4) is 0 Å². The van der Waals surface area contributed by atoms with E-state index in [4.69, 9.17) is 32.7 Å². The molecule has 0 radical (unpaired) electrons. The molecule has 2 amide bonds. The first-order valence-corrected chi connectivity index (χ1v) is 12.3. The van der Waals surface area contributed by atoms with Crippen LogP contribution in [0.15, 0.2) is 65.6 Å². The number of amides is 2. The van der Waals surface area contributed by atoms with E-state index in [1.807, 2.05) is 25.1 Å². The highest BCUT2D eigenvalue weighted by molar-refractivity contribution is 8.18. The monoisotopic (exact) mass is 531 g/mol. The van der Waals surface area contributed by atoms with Gasteiger partial charge in [0.15, 0.2) is 11.5 Å². The van der Waals surface area contributed by atoms with Gasteiger partial charge in [0, 0.05) is 21.2 Å². The Morgan fingerprint density at radius 1 is 0.971 bits per heavy atom. The minimum absolute atomic E-state index is 0.0939. The van der Waals surface area contributed by atoms with Crippen LogP contribution in [0, 0.1) is 5.82 Å². The molecule has 0 saturated carbocycles. The molecule has 3 aromatic rings. The van der Waals surface area contributed by atoms with Gasteiger partial charge >= 0.3 is 0 Å². The fraction of sp³-hybridized carbons (Fsp3) is 0.154. The first-order chi connectivity index (χ1) is 16.9. The van der Waals surface area contributed by atoms with Gasteiger partial charge in [-0.2, -0.15) is 0 Å². The van der Waals surface area contributed by atoms with Gasteiger partial charge in [-0.05, 0) is 60.7 Å². The van der Waals surface area contributed by atoms with Crippen LogP contribution in [0.25, 0.3) is 6.08 Å². The van der Waals surface area contributed by atoms with Gasteiger partial charge in [-0.1, -0.05) is 53.5 Å². The summed E-state index contributed by atoms with van der Waals surface area (Å²) in [5.41, 5.74) is 1.58. The van der Waals surface area contributed by atoms with Crippen molar-refractivity contribution in [3.8, 4) is 11.5 Å². The van der Waals surface area contributed by atoms with Gasteiger partial charge in [0.2, 0.25) is 0 Å². The molecule has 0 aromatic heterocycles. The maximum Gasteiger partial charge on any atom is 0.293 e. The third-order valence-corrected chi connectivity index (χ3v) is 6.79. The summed E-state index contributed by atoms with van der Waals surface area (Å²) < 4.78 is 25.8. The summed E-state index contributed by atoms with van der Waals surface area (Å²) in [5.74, 6) is -0.0810. The number of ether oxygens (including phenoxy) is 2. The van der Waals surface area contributed by atoms with Crippen molar-refractivity contribution >= 4 is 52.2 Å². The minimum atomic E-state index is -0.575. The quantitative estimate of drug-likeness (QED) is 0.284. The fourth-order valence-electron chi connectivity index (χ4n) is 3.40. The van der Waals surface area contributed by atoms with Crippen LogP contribution >= 0.6 is 35.0 Å². The van der Waals surface area contributed by atoms with Gasteiger partial charge in [-0.3, -0.25) is 14.5 Å². The van der Waals surface area contributed by atoms with Crippen LogP contribution in [-0.4, -0.2) is 22.7 Å². The highest BCUT2D eigenvalue weighted by Gasteiger charge is 2.36. The number of hydrogen-bond donors (Lipinski definition) is 0. The average Bonchev–Trinajstić information content (AvgIpc) is 3.09. The number of rotatable bonds is 8. The Balaban J connectivity index is 1.53. The van der Waals surface area contributed by atoms with E-state index < -0.39 is 17.0 Å². The van der Waals surface area contributed by atoms with Crippen molar-refractivity contribution in [1.29, 1.82) is 0 Å². The summed E-state index contributed by atoms with van der Waals surface area (Å²) in [4.78, 5) is 26.6. The van der Waals surface area contributed by atoms with E-state index in [0.717, 1.165) is 22.2 Å². The number of halogens is 3. The molecule has 35 heavy (non-hydrogen) atoms. The van der Waals surface area contributed by atoms with Gasteiger partial charge in [0.25, 0.3) is 11.1 Å². The predicted octanol–water partition coefficient (Wildman–Crippen LogP) is 7.35. The van der Waals surface area contributed by atoms with E-state index >= 15 is 0 Å². The van der Waals surface area contributed by atoms with Crippen LogP contribution in [0.1, 0.15) is 23.6 Å². The van der Waals surface area contributed by atoms with Crippen molar-refractivity contribution in [3.05, 3.63) is 98.1 Å². The van der Waals surface area contributed by atoms with Crippen LogP contribution in [-0.2, 0) is 17.9 Å². The molecule has 3 aromatic carbocycles. The van der Waals surface area contributed by atoms with Gasteiger partial charge in [0.05, 0.1) is 18.1 Å². The lowest BCUT2D eigenvalue weighted by molar-refractivity contribution is -0.123. The summed E-state index contributed by atoms with van der Waals surface area (Å²) in [7, 11) is 0. The van der Waals surface area contributed by atoms with Gasteiger partial charge < -0.3 is 9.47 Å². The summed E-state index contributed by atoms with van der Waals surface area (Å²) >= 11 is 13.1. The van der Waals surface area contributed by atoms with Crippen LogP contribution in [0.4, 0.5) is 9.18 Å². The van der Waals surface area contributed by atoms with Crippen LogP contribution in [0.5, 0.6) is 11.5 Å². The molecule has 0 unspecified atom stereocenters. The maximum absolute atomic E-state index is 14.2. The molecule has 0 bridgehead atoms. The predicted molar refractivity (Wildman–Crippen MR) is 136 cm³/mol. The first kappa shape index (κ1) is 25.1. The van der Waals surface area contributed by atoms with E-state index in [-0.39, 0.29) is 28.6 Å². The molecule has 1 fully saturated rings. The minimum Gasteiger partial charge on any atom is -0.490 e. The summed E-state index contributed by atoms with van der Waals surface area (Å²) in [5, 5.41) is 0.265. The number of imide groups is 1. The number of thioether (sulfide) groups is 1. The lowest BCUT2D eigenvalue weighted by atomic mass is 10.1. The molecule has 1 heterocycles. The highest BCUT2D eigenvalue weighted by Crippen LogP contribution is 2.36. The Kier molecular flexibility index (Phi) is 8.00. The number of hydrogen-bond acceptors (Lipinski definition) is 5. The highest BCUT2D eigenvalue weighted by atomic mass is 35.5. The lowest BCUT2D eigenvalue weighted by Gasteiger charge is -2.14. The Morgan fingerprint density at radius 2 is 1.74 bits per heavy atom.